The summed E-state index contributed by atoms with van der Waals surface area (Å²) in [4.78, 5) is 0.580. The maximum atomic E-state index is 11.1. The lowest BCUT2D eigenvalue weighted by atomic mass is 10.0. The summed E-state index contributed by atoms with van der Waals surface area (Å²) >= 11 is 0. The molecule has 3 rings (SSSR count). The van der Waals surface area contributed by atoms with Gasteiger partial charge in [0.15, 0.2) is 0 Å². The summed E-state index contributed by atoms with van der Waals surface area (Å²) in [7, 11) is 0. The fourth-order valence-corrected chi connectivity index (χ4v) is 1.89. The maximum Gasteiger partial charge on any atom is 0.217 e. The summed E-state index contributed by atoms with van der Waals surface area (Å²) in [5, 5.41) is 16.7. The molecule has 0 unspecified atom stereocenters. The van der Waals surface area contributed by atoms with Crippen molar-refractivity contribution in [2.24, 2.45) is 0 Å². The van der Waals surface area contributed by atoms with Crippen LogP contribution in [0.4, 0.5) is 0 Å². The standard InChI is InChI=1S/C14H10N2O/c17-16-10-14-8-12(6-7-13(14)9-15-16)11-4-2-1-3-5-11/h1-10H. The number of nitrogens with zero attached hydrogens (tertiary/aromatic N) is 2. The first-order valence-corrected chi connectivity index (χ1v) is 5.38. The highest BCUT2D eigenvalue weighted by Gasteiger charge is 2.02. The zero-order chi connectivity index (χ0) is 11.7. The summed E-state index contributed by atoms with van der Waals surface area (Å²) in [6, 6.07) is 16.1. The molecule has 3 nitrogen and oxygen atoms in total. The number of hydrogen-bond acceptors (Lipinski definition) is 2. The van der Waals surface area contributed by atoms with Gasteiger partial charge in [-0.3, -0.25) is 0 Å². The molecule has 0 saturated heterocycles. The monoisotopic (exact) mass is 222 g/mol. The molecule has 0 radical (unpaired) electrons. The molecule has 17 heavy (non-hydrogen) atoms. The maximum absolute atomic E-state index is 11.1. The van der Waals surface area contributed by atoms with Gasteiger partial charge in [0.05, 0.1) is 5.39 Å². The molecule has 0 aliphatic carbocycles. The lowest BCUT2D eigenvalue weighted by Crippen LogP contribution is -2.29. The number of benzene rings is 2. The molecule has 3 aromatic rings. The number of rotatable bonds is 1. The van der Waals surface area contributed by atoms with Gasteiger partial charge in [-0.05, 0) is 17.2 Å². The SMILES string of the molecule is [O-][n+]1cc2cc(-c3ccccc3)ccc2cn1. The van der Waals surface area contributed by atoms with E-state index in [0.717, 1.165) is 21.9 Å². The van der Waals surface area contributed by atoms with Gasteiger partial charge in [0.2, 0.25) is 6.20 Å². The van der Waals surface area contributed by atoms with E-state index in [-0.39, 0.29) is 0 Å². The summed E-state index contributed by atoms with van der Waals surface area (Å²) in [5.41, 5.74) is 2.24. The van der Waals surface area contributed by atoms with Gasteiger partial charge in [0.1, 0.15) is 6.20 Å². The lowest BCUT2D eigenvalue weighted by molar-refractivity contribution is -0.667. The molecule has 0 bridgehead atoms. The molecule has 0 fully saturated rings. The van der Waals surface area contributed by atoms with Crippen LogP contribution in [0.1, 0.15) is 0 Å². The van der Waals surface area contributed by atoms with E-state index in [0.29, 0.717) is 4.85 Å². The van der Waals surface area contributed by atoms with E-state index in [9.17, 15) is 5.21 Å². The predicted molar refractivity (Wildman–Crippen MR) is 66.1 cm³/mol. The molecule has 1 aromatic heterocycles. The number of aromatic nitrogens is 2. The van der Waals surface area contributed by atoms with Gasteiger partial charge in [-0.25, -0.2) is 0 Å². The Hall–Kier alpha value is -2.42. The molecular formula is C14H10N2O. The topological polar surface area (TPSA) is 39.8 Å². The van der Waals surface area contributed by atoms with E-state index in [1.165, 1.54) is 6.20 Å². The van der Waals surface area contributed by atoms with E-state index in [2.05, 4.69) is 5.10 Å². The molecule has 0 N–H and O–H groups in total. The molecule has 1 heterocycles. The molecule has 0 atom stereocenters. The Morgan fingerprint density at radius 2 is 1.71 bits per heavy atom. The first-order chi connectivity index (χ1) is 8.33. The molecule has 0 aliphatic rings. The minimum atomic E-state index is 0.580. The highest BCUT2D eigenvalue weighted by Crippen LogP contribution is 2.22. The van der Waals surface area contributed by atoms with Crippen molar-refractivity contribution in [3.05, 3.63) is 66.1 Å². The van der Waals surface area contributed by atoms with Crippen LogP contribution in [0.3, 0.4) is 0 Å². The molecule has 2 aromatic carbocycles. The molecule has 0 saturated carbocycles. The molecule has 82 valence electrons. The van der Waals surface area contributed by atoms with Crippen molar-refractivity contribution in [3.8, 4) is 11.1 Å². The minimum Gasteiger partial charge on any atom is -0.594 e. The Bertz CT molecular complexity index is 665. The third-order valence-electron chi connectivity index (χ3n) is 2.75. The average Bonchev–Trinajstić information content (AvgIpc) is 2.39. The van der Waals surface area contributed by atoms with E-state index in [1.54, 1.807) is 6.20 Å². The first-order valence-electron chi connectivity index (χ1n) is 5.38. The van der Waals surface area contributed by atoms with Crippen LogP contribution >= 0.6 is 0 Å². The molecule has 0 aliphatic heterocycles. The Kier molecular flexibility index (Phi) is 2.22. The van der Waals surface area contributed by atoms with Crippen LogP contribution < -0.4 is 4.85 Å². The van der Waals surface area contributed by atoms with Crippen LogP contribution in [0.25, 0.3) is 21.9 Å². The van der Waals surface area contributed by atoms with E-state index in [4.69, 9.17) is 0 Å². The van der Waals surface area contributed by atoms with Crippen molar-refractivity contribution in [3.63, 3.8) is 0 Å². The van der Waals surface area contributed by atoms with Gasteiger partial charge >= 0.3 is 0 Å². The van der Waals surface area contributed by atoms with Crippen LogP contribution in [0, 0.1) is 5.21 Å². The average molecular weight is 222 g/mol. The van der Waals surface area contributed by atoms with Gasteiger partial charge in [-0.15, -0.1) is 0 Å². The van der Waals surface area contributed by atoms with Gasteiger partial charge in [-0.2, -0.15) is 0 Å². The Balaban J connectivity index is 2.19. The van der Waals surface area contributed by atoms with Crippen LogP contribution in [-0.2, 0) is 0 Å². The van der Waals surface area contributed by atoms with E-state index in [1.807, 2.05) is 48.5 Å². The van der Waals surface area contributed by atoms with Crippen LogP contribution in [0.15, 0.2) is 60.9 Å². The second-order valence-electron chi connectivity index (χ2n) is 3.89. The van der Waals surface area contributed by atoms with Gasteiger partial charge in [0.25, 0.3) is 0 Å². The smallest absolute Gasteiger partial charge is 0.217 e. The Morgan fingerprint density at radius 1 is 0.882 bits per heavy atom. The molecule has 0 spiro atoms. The van der Waals surface area contributed by atoms with E-state index >= 15 is 0 Å². The fourth-order valence-electron chi connectivity index (χ4n) is 1.89. The van der Waals surface area contributed by atoms with E-state index < -0.39 is 0 Å². The minimum absolute atomic E-state index is 0.580. The van der Waals surface area contributed by atoms with Gasteiger partial charge in [-0.1, -0.05) is 47.3 Å². The normalized spacial score (nSPS) is 10.6. The van der Waals surface area contributed by atoms with Crippen molar-refractivity contribution in [2.45, 2.75) is 0 Å². The van der Waals surface area contributed by atoms with Crippen molar-refractivity contribution < 1.29 is 4.85 Å². The van der Waals surface area contributed by atoms with Crippen molar-refractivity contribution in [2.75, 3.05) is 0 Å². The quantitative estimate of drug-likeness (QED) is 0.469. The molecular weight excluding hydrogens is 212 g/mol. The largest absolute Gasteiger partial charge is 0.594 e. The highest BCUT2D eigenvalue weighted by molar-refractivity contribution is 5.85. The fraction of sp³-hybridized carbons (Fsp3) is 0. The Labute approximate surface area is 98.5 Å². The number of fused-ring (bicyclic) bond motifs is 1. The second kappa shape index (κ2) is 3.87. The zero-order valence-electron chi connectivity index (χ0n) is 9.08. The van der Waals surface area contributed by atoms with Crippen LogP contribution in [0.2, 0.25) is 0 Å². The molecule has 3 heteroatoms. The zero-order valence-corrected chi connectivity index (χ0v) is 9.08. The Morgan fingerprint density at radius 3 is 2.53 bits per heavy atom. The van der Waals surface area contributed by atoms with Crippen molar-refractivity contribution in [1.82, 2.24) is 5.10 Å². The third-order valence-corrected chi connectivity index (χ3v) is 2.75. The summed E-state index contributed by atoms with van der Waals surface area (Å²) in [5.74, 6) is 0. The highest BCUT2D eigenvalue weighted by atomic mass is 16.5. The van der Waals surface area contributed by atoms with Gasteiger partial charge in [0, 0.05) is 10.5 Å². The third kappa shape index (κ3) is 1.83. The predicted octanol–water partition coefficient (Wildman–Crippen LogP) is 2.54. The van der Waals surface area contributed by atoms with Crippen LogP contribution in [-0.4, -0.2) is 5.10 Å². The van der Waals surface area contributed by atoms with Gasteiger partial charge < -0.3 is 5.21 Å². The van der Waals surface area contributed by atoms with Crippen molar-refractivity contribution >= 4 is 10.8 Å². The number of hydrogen-bond donors (Lipinski definition) is 0. The summed E-state index contributed by atoms with van der Waals surface area (Å²) < 4.78 is 0. The summed E-state index contributed by atoms with van der Waals surface area (Å²) in [6.45, 7) is 0. The second-order valence-corrected chi connectivity index (χ2v) is 3.89. The van der Waals surface area contributed by atoms with Crippen molar-refractivity contribution in [1.29, 1.82) is 0 Å². The van der Waals surface area contributed by atoms with Crippen LogP contribution in [0.5, 0.6) is 0 Å². The first kappa shape index (κ1) is 9.78. The molecule has 0 amide bonds. The lowest BCUT2D eigenvalue weighted by Gasteiger charge is -2.03. The summed E-state index contributed by atoms with van der Waals surface area (Å²) in [6.07, 6.45) is 3.07.